The van der Waals surface area contributed by atoms with Gasteiger partial charge >= 0.3 is 5.97 Å². The van der Waals surface area contributed by atoms with Gasteiger partial charge in [-0.3, -0.25) is 14.4 Å². The van der Waals surface area contributed by atoms with Crippen LogP contribution in [0.15, 0.2) is 48.5 Å². The third-order valence-corrected chi connectivity index (χ3v) is 3.62. The quantitative estimate of drug-likeness (QED) is 0.606. The van der Waals surface area contributed by atoms with Crippen LogP contribution in [-0.2, 0) is 9.59 Å². The minimum Gasteiger partial charge on any atom is -0.508 e. The minimum atomic E-state index is -1.07. The number of phenolic OH excluding ortho intramolecular Hbond substituents is 1. The number of primary amides is 1. The highest BCUT2D eigenvalue weighted by Gasteiger charge is 2.20. The normalized spacial score (nSPS) is 11.5. The van der Waals surface area contributed by atoms with Gasteiger partial charge in [0.1, 0.15) is 11.8 Å². The molecule has 0 fully saturated rings. The van der Waals surface area contributed by atoms with Crippen LogP contribution in [-0.4, -0.2) is 34.0 Å². The number of amides is 2. The highest BCUT2D eigenvalue weighted by molar-refractivity contribution is 5.97. The van der Waals surface area contributed by atoms with E-state index < -0.39 is 23.8 Å². The Morgan fingerprint density at radius 2 is 1.72 bits per heavy atom. The third kappa shape index (κ3) is 5.07. The summed E-state index contributed by atoms with van der Waals surface area (Å²) in [6.45, 7) is 0. The third-order valence-electron chi connectivity index (χ3n) is 3.62. The molecule has 0 spiro atoms. The van der Waals surface area contributed by atoms with E-state index in [2.05, 4.69) is 5.32 Å². The number of carbonyl (C=O) groups is 3. The molecule has 5 N–H and O–H groups in total. The Kier molecular flexibility index (Phi) is 5.73. The highest BCUT2D eigenvalue weighted by atomic mass is 16.4. The van der Waals surface area contributed by atoms with Crippen molar-refractivity contribution in [3.05, 3.63) is 54.1 Å². The number of carbonyl (C=O) groups excluding carboxylic acids is 2. The monoisotopic (exact) mass is 342 g/mol. The molecule has 130 valence electrons. The van der Waals surface area contributed by atoms with Crippen LogP contribution < -0.4 is 11.1 Å². The Hall–Kier alpha value is -3.35. The van der Waals surface area contributed by atoms with Gasteiger partial charge in [-0.25, -0.2) is 0 Å². The van der Waals surface area contributed by atoms with Crippen LogP contribution in [0, 0.1) is 0 Å². The number of carboxylic acid groups (broad SMARTS) is 1. The molecule has 7 nitrogen and oxygen atoms in total. The van der Waals surface area contributed by atoms with Gasteiger partial charge in [-0.05, 0) is 41.8 Å². The number of hydrogen-bond acceptors (Lipinski definition) is 4. The van der Waals surface area contributed by atoms with E-state index in [1.807, 2.05) is 6.07 Å². The summed E-state index contributed by atoms with van der Waals surface area (Å²) >= 11 is 0. The Labute approximate surface area is 144 Å². The van der Waals surface area contributed by atoms with Crippen molar-refractivity contribution in [1.82, 2.24) is 5.32 Å². The van der Waals surface area contributed by atoms with Gasteiger partial charge < -0.3 is 21.3 Å². The maximum Gasteiger partial charge on any atom is 0.303 e. The van der Waals surface area contributed by atoms with Crippen molar-refractivity contribution < 1.29 is 24.6 Å². The van der Waals surface area contributed by atoms with Gasteiger partial charge in [-0.15, -0.1) is 0 Å². The number of rotatable bonds is 7. The average Bonchev–Trinajstić information content (AvgIpc) is 2.58. The van der Waals surface area contributed by atoms with E-state index in [0.29, 0.717) is 5.56 Å². The molecule has 25 heavy (non-hydrogen) atoms. The van der Waals surface area contributed by atoms with Gasteiger partial charge in [0.05, 0.1) is 0 Å². The fourth-order valence-corrected chi connectivity index (χ4v) is 2.29. The van der Waals surface area contributed by atoms with Crippen LogP contribution in [0.4, 0.5) is 0 Å². The highest BCUT2D eigenvalue weighted by Crippen LogP contribution is 2.23. The lowest BCUT2D eigenvalue weighted by Crippen LogP contribution is -2.44. The van der Waals surface area contributed by atoms with E-state index in [0.717, 1.165) is 11.1 Å². The van der Waals surface area contributed by atoms with Gasteiger partial charge in [0.2, 0.25) is 5.91 Å². The molecular weight excluding hydrogens is 324 g/mol. The topological polar surface area (TPSA) is 130 Å². The zero-order valence-electron chi connectivity index (χ0n) is 13.3. The molecule has 0 aliphatic carbocycles. The van der Waals surface area contributed by atoms with E-state index >= 15 is 0 Å². The van der Waals surface area contributed by atoms with Gasteiger partial charge in [0.15, 0.2) is 0 Å². The van der Waals surface area contributed by atoms with Crippen LogP contribution in [0.25, 0.3) is 11.1 Å². The molecule has 0 aliphatic heterocycles. The van der Waals surface area contributed by atoms with Crippen LogP contribution in [0.2, 0.25) is 0 Å². The van der Waals surface area contributed by atoms with Crippen molar-refractivity contribution in [1.29, 1.82) is 0 Å². The van der Waals surface area contributed by atoms with Gasteiger partial charge in [-0.1, -0.05) is 24.3 Å². The molecule has 0 aliphatic rings. The first-order valence-corrected chi connectivity index (χ1v) is 7.58. The molecule has 0 aromatic heterocycles. The average molecular weight is 342 g/mol. The number of aromatic hydroxyl groups is 1. The number of carboxylic acids is 1. The zero-order valence-corrected chi connectivity index (χ0v) is 13.3. The molecule has 0 radical (unpaired) electrons. The summed E-state index contributed by atoms with van der Waals surface area (Å²) in [5.41, 5.74) is 7.11. The van der Waals surface area contributed by atoms with Crippen molar-refractivity contribution in [3.8, 4) is 16.9 Å². The predicted molar refractivity (Wildman–Crippen MR) is 90.9 cm³/mol. The second-order valence-electron chi connectivity index (χ2n) is 5.49. The molecule has 0 saturated heterocycles. The Bertz CT molecular complexity index is 786. The summed E-state index contributed by atoms with van der Waals surface area (Å²) in [4.78, 5) is 34.1. The minimum absolute atomic E-state index is 0.0716. The smallest absolute Gasteiger partial charge is 0.303 e. The first kappa shape index (κ1) is 18.0. The summed E-state index contributed by atoms with van der Waals surface area (Å²) in [7, 11) is 0. The van der Waals surface area contributed by atoms with Crippen molar-refractivity contribution in [2.45, 2.75) is 18.9 Å². The van der Waals surface area contributed by atoms with Gasteiger partial charge in [0.25, 0.3) is 5.91 Å². The Morgan fingerprint density at radius 1 is 1.04 bits per heavy atom. The number of nitrogens with one attached hydrogen (secondary N) is 1. The second-order valence-corrected chi connectivity index (χ2v) is 5.49. The maximum atomic E-state index is 12.2. The lowest BCUT2D eigenvalue weighted by Gasteiger charge is -2.14. The van der Waals surface area contributed by atoms with Gasteiger partial charge in [0, 0.05) is 12.0 Å². The van der Waals surface area contributed by atoms with Crippen molar-refractivity contribution in [3.63, 3.8) is 0 Å². The van der Waals surface area contributed by atoms with Crippen molar-refractivity contribution >= 4 is 17.8 Å². The van der Waals surface area contributed by atoms with Crippen molar-refractivity contribution in [2.75, 3.05) is 0 Å². The van der Waals surface area contributed by atoms with Crippen molar-refractivity contribution in [2.24, 2.45) is 5.73 Å². The molecule has 0 saturated carbocycles. The molecule has 2 aromatic rings. The lowest BCUT2D eigenvalue weighted by atomic mass is 10.0. The van der Waals surface area contributed by atoms with E-state index in [9.17, 15) is 19.5 Å². The van der Waals surface area contributed by atoms with Gasteiger partial charge in [-0.2, -0.15) is 0 Å². The summed E-state index contributed by atoms with van der Waals surface area (Å²) in [6.07, 6.45) is -0.345. The molecule has 1 unspecified atom stereocenters. The molecular formula is C18H18N2O5. The largest absolute Gasteiger partial charge is 0.508 e. The Morgan fingerprint density at radius 3 is 2.28 bits per heavy atom. The van der Waals surface area contributed by atoms with E-state index in [-0.39, 0.29) is 18.6 Å². The van der Waals surface area contributed by atoms with Crippen LogP contribution >= 0.6 is 0 Å². The summed E-state index contributed by atoms with van der Waals surface area (Å²) in [5.74, 6) is -2.24. The SMILES string of the molecule is NC(=O)C(CCC(=O)O)NC(=O)c1ccc(-c2cccc(O)c2)cc1. The number of hydrogen-bond donors (Lipinski definition) is 4. The van der Waals surface area contributed by atoms with E-state index in [4.69, 9.17) is 10.8 Å². The summed E-state index contributed by atoms with van der Waals surface area (Å²) < 4.78 is 0. The number of phenols is 1. The number of benzene rings is 2. The molecule has 0 heterocycles. The fraction of sp³-hybridized carbons (Fsp3) is 0.167. The number of aliphatic carboxylic acids is 1. The summed E-state index contributed by atoms with van der Waals surface area (Å²) in [6, 6.07) is 12.2. The lowest BCUT2D eigenvalue weighted by molar-refractivity contribution is -0.137. The zero-order chi connectivity index (χ0) is 18.4. The first-order chi connectivity index (χ1) is 11.9. The van der Waals surface area contributed by atoms with E-state index in [1.54, 1.807) is 42.5 Å². The predicted octanol–water partition coefficient (Wildman–Crippen LogP) is 1.51. The standard InChI is InChI=1S/C18H18N2O5/c19-17(24)15(8-9-16(22)23)20-18(25)12-6-4-11(5-7-12)13-2-1-3-14(21)10-13/h1-7,10,15,21H,8-9H2,(H2,19,24)(H,20,25)(H,22,23). The molecule has 2 amide bonds. The molecule has 0 bridgehead atoms. The molecule has 7 heteroatoms. The maximum absolute atomic E-state index is 12.2. The van der Waals surface area contributed by atoms with Crippen LogP contribution in [0.3, 0.4) is 0 Å². The first-order valence-electron chi connectivity index (χ1n) is 7.58. The molecule has 1 atom stereocenters. The molecule has 2 rings (SSSR count). The Balaban J connectivity index is 2.09. The summed E-state index contributed by atoms with van der Waals surface area (Å²) in [5, 5.41) is 20.6. The second kappa shape index (κ2) is 7.96. The fourth-order valence-electron chi connectivity index (χ4n) is 2.29. The molecule has 2 aromatic carbocycles. The number of nitrogens with two attached hydrogens (primary N) is 1. The van der Waals surface area contributed by atoms with Crippen LogP contribution in [0.5, 0.6) is 5.75 Å². The van der Waals surface area contributed by atoms with Crippen LogP contribution in [0.1, 0.15) is 23.2 Å². The van der Waals surface area contributed by atoms with E-state index in [1.165, 1.54) is 0 Å².